The van der Waals surface area contributed by atoms with E-state index in [-0.39, 0.29) is 6.54 Å². The lowest BCUT2D eigenvalue weighted by atomic mass is 10.3. The van der Waals surface area contributed by atoms with Gasteiger partial charge in [-0.15, -0.1) is 0 Å². The number of carbonyl (C=O) groups is 1. The summed E-state index contributed by atoms with van der Waals surface area (Å²) >= 11 is 8.55. The van der Waals surface area contributed by atoms with Crippen molar-refractivity contribution < 1.29 is 9.90 Å². The number of rotatable bonds is 6. The number of nitrogens with zero attached hydrogens (tertiary/aromatic N) is 3. The molecule has 0 atom stereocenters. The Kier molecular flexibility index (Phi) is 9.14. The van der Waals surface area contributed by atoms with Crippen molar-refractivity contribution in [1.82, 2.24) is 9.80 Å². The molecule has 0 spiro atoms. The van der Waals surface area contributed by atoms with Crippen molar-refractivity contribution in [2.75, 3.05) is 44.2 Å². The third-order valence-electron chi connectivity index (χ3n) is 4.63. The van der Waals surface area contributed by atoms with Gasteiger partial charge in [0, 0.05) is 16.3 Å². The van der Waals surface area contributed by atoms with Crippen molar-refractivity contribution in [2.45, 2.75) is 32.6 Å². The molecule has 0 amide bonds. The lowest BCUT2D eigenvalue weighted by molar-refractivity contribution is -0.137. The number of para-hydroxylation sites is 1. The first-order valence-electron chi connectivity index (χ1n) is 9.63. The molecule has 1 aromatic carbocycles. The van der Waals surface area contributed by atoms with Crippen LogP contribution >= 0.6 is 35.7 Å². The minimum Gasteiger partial charge on any atom is -0.480 e. The molecule has 0 aromatic heterocycles. The summed E-state index contributed by atoms with van der Waals surface area (Å²) < 4.78 is 0.646. The number of fused-ring (bicyclic) bond motifs is 1. The lowest BCUT2D eigenvalue weighted by Crippen LogP contribution is -2.29. The summed E-state index contributed by atoms with van der Waals surface area (Å²) in [5, 5.41) is 10.1. The molecule has 0 bridgehead atoms. The van der Waals surface area contributed by atoms with Gasteiger partial charge in [0.2, 0.25) is 0 Å². The predicted octanol–water partition coefficient (Wildman–Crippen LogP) is 4.55. The first kappa shape index (κ1) is 23.1. The molecular formula is C20H29N3O2S3. The highest BCUT2D eigenvalue weighted by Crippen LogP contribution is 2.49. The molecule has 2 aliphatic rings. The van der Waals surface area contributed by atoms with E-state index in [1.807, 2.05) is 12.1 Å². The van der Waals surface area contributed by atoms with Gasteiger partial charge in [-0.3, -0.25) is 4.79 Å². The fraction of sp³-hybridized carbons (Fsp3) is 0.500. The topological polar surface area (TPSA) is 47.0 Å². The van der Waals surface area contributed by atoms with E-state index >= 15 is 0 Å². The molecule has 2 aliphatic heterocycles. The van der Waals surface area contributed by atoms with E-state index in [1.165, 1.54) is 47.0 Å². The minimum absolute atomic E-state index is 0.0354. The summed E-state index contributed by atoms with van der Waals surface area (Å²) in [6, 6.07) is 8.31. The second-order valence-electron chi connectivity index (χ2n) is 6.28. The largest absolute Gasteiger partial charge is 0.480 e. The zero-order valence-electron chi connectivity index (χ0n) is 17.0. The molecule has 0 radical (unpaired) electrons. The number of anilines is 1. The summed E-state index contributed by atoms with van der Waals surface area (Å²) in [5.74, 6) is -0.848. The fourth-order valence-corrected chi connectivity index (χ4v) is 5.78. The number of carboxylic acid groups (broad SMARTS) is 1. The molecule has 8 heteroatoms. The van der Waals surface area contributed by atoms with Gasteiger partial charge < -0.3 is 19.8 Å². The number of thiocarbonyl (C=S) groups is 1. The van der Waals surface area contributed by atoms with Gasteiger partial charge >= 0.3 is 5.97 Å². The average molecular weight is 440 g/mol. The van der Waals surface area contributed by atoms with Crippen LogP contribution in [0.5, 0.6) is 0 Å². The van der Waals surface area contributed by atoms with E-state index in [9.17, 15) is 4.79 Å². The van der Waals surface area contributed by atoms with Gasteiger partial charge in [0.15, 0.2) is 0 Å². The molecule has 3 rings (SSSR count). The molecule has 1 N–H and O–H groups in total. The van der Waals surface area contributed by atoms with Crippen molar-refractivity contribution in [3.05, 3.63) is 34.2 Å². The molecule has 2 heterocycles. The molecule has 28 heavy (non-hydrogen) atoms. The number of hydrogen-bond acceptors (Lipinski definition) is 6. The Morgan fingerprint density at radius 1 is 1.14 bits per heavy atom. The SMILES string of the molecule is CCN(CC)CC.CCN1/C(=C2\CN(CC(=O)O)C(=S)S2)Sc2ccccc21. The van der Waals surface area contributed by atoms with Gasteiger partial charge in [-0.25, -0.2) is 0 Å². The van der Waals surface area contributed by atoms with Crippen molar-refractivity contribution >= 4 is 51.7 Å². The van der Waals surface area contributed by atoms with Gasteiger partial charge in [-0.2, -0.15) is 0 Å². The van der Waals surface area contributed by atoms with Crippen molar-refractivity contribution in [3.8, 4) is 0 Å². The molecule has 0 aliphatic carbocycles. The zero-order chi connectivity index (χ0) is 20.7. The third kappa shape index (κ3) is 5.65. The van der Waals surface area contributed by atoms with Gasteiger partial charge in [0.25, 0.3) is 0 Å². The smallest absolute Gasteiger partial charge is 0.323 e. The van der Waals surface area contributed by atoms with Crippen LogP contribution in [0, 0.1) is 0 Å². The molecule has 1 saturated heterocycles. The van der Waals surface area contributed by atoms with Crippen LogP contribution in [0.2, 0.25) is 0 Å². The highest BCUT2D eigenvalue weighted by atomic mass is 32.2. The van der Waals surface area contributed by atoms with Gasteiger partial charge in [-0.05, 0) is 38.7 Å². The quantitative estimate of drug-likeness (QED) is 0.648. The van der Waals surface area contributed by atoms with Gasteiger partial charge in [0.1, 0.15) is 10.9 Å². The van der Waals surface area contributed by atoms with Crippen LogP contribution < -0.4 is 4.90 Å². The van der Waals surface area contributed by atoms with E-state index in [1.54, 1.807) is 16.7 Å². The number of hydrogen-bond donors (Lipinski definition) is 1. The number of benzene rings is 1. The predicted molar refractivity (Wildman–Crippen MR) is 125 cm³/mol. The van der Waals surface area contributed by atoms with Crippen LogP contribution in [0.3, 0.4) is 0 Å². The Morgan fingerprint density at radius 2 is 1.79 bits per heavy atom. The summed E-state index contributed by atoms with van der Waals surface area (Å²) in [4.78, 5) is 19.7. The molecule has 1 aromatic rings. The molecule has 0 saturated carbocycles. The second kappa shape index (κ2) is 11.1. The Labute approximate surface area is 182 Å². The molecule has 1 fully saturated rings. The van der Waals surface area contributed by atoms with Crippen LogP contribution in [0.15, 0.2) is 39.1 Å². The van der Waals surface area contributed by atoms with Crippen LogP contribution in [-0.4, -0.2) is 64.5 Å². The van der Waals surface area contributed by atoms with Crippen molar-refractivity contribution in [2.24, 2.45) is 0 Å². The third-order valence-corrected chi connectivity index (χ3v) is 7.50. The molecule has 0 unspecified atom stereocenters. The van der Waals surface area contributed by atoms with Crippen molar-refractivity contribution in [3.63, 3.8) is 0 Å². The normalized spacial score (nSPS) is 18.4. The first-order chi connectivity index (χ1) is 13.4. The highest BCUT2D eigenvalue weighted by Gasteiger charge is 2.32. The van der Waals surface area contributed by atoms with E-state index in [4.69, 9.17) is 17.3 Å². The monoisotopic (exact) mass is 439 g/mol. The lowest BCUT2D eigenvalue weighted by Gasteiger charge is -2.19. The zero-order valence-corrected chi connectivity index (χ0v) is 19.4. The maximum Gasteiger partial charge on any atom is 0.323 e. The Balaban J connectivity index is 0.000000345. The van der Waals surface area contributed by atoms with Gasteiger partial charge in [0.05, 0.1) is 17.3 Å². The summed E-state index contributed by atoms with van der Waals surface area (Å²) in [5.41, 5.74) is 1.22. The van der Waals surface area contributed by atoms with Crippen LogP contribution in [-0.2, 0) is 4.79 Å². The standard InChI is InChI=1S/C14H14N2O2S3.C6H15N/c1-2-16-9-5-3-4-6-10(9)20-13(16)11-7-15(8-12(17)18)14(19)21-11;1-4-7(5-2)6-3/h3-6H,2,7-8H2,1H3,(H,17,18);4-6H2,1-3H3/b13-11-;. The van der Waals surface area contributed by atoms with E-state index in [0.29, 0.717) is 10.9 Å². The van der Waals surface area contributed by atoms with E-state index < -0.39 is 5.97 Å². The molecular weight excluding hydrogens is 410 g/mol. The Bertz CT molecular complexity index is 730. The maximum atomic E-state index is 10.9. The molecule has 154 valence electrons. The number of carboxylic acids is 1. The summed E-state index contributed by atoms with van der Waals surface area (Å²) in [6.07, 6.45) is 0. The summed E-state index contributed by atoms with van der Waals surface area (Å²) in [7, 11) is 0. The number of aliphatic carboxylic acids is 1. The maximum absolute atomic E-state index is 10.9. The Morgan fingerprint density at radius 3 is 2.32 bits per heavy atom. The van der Waals surface area contributed by atoms with Crippen LogP contribution in [0.4, 0.5) is 5.69 Å². The summed E-state index contributed by atoms with van der Waals surface area (Å²) in [6.45, 7) is 13.7. The van der Waals surface area contributed by atoms with Crippen molar-refractivity contribution in [1.29, 1.82) is 0 Å². The van der Waals surface area contributed by atoms with Gasteiger partial charge in [-0.1, -0.05) is 68.6 Å². The fourth-order valence-electron chi connectivity index (χ4n) is 3.06. The van der Waals surface area contributed by atoms with E-state index in [0.717, 1.165) is 11.4 Å². The minimum atomic E-state index is -0.848. The highest BCUT2D eigenvalue weighted by molar-refractivity contribution is 8.26. The van der Waals surface area contributed by atoms with Crippen LogP contribution in [0.25, 0.3) is 0 Å². The molecule has 5 nitrogen and oxygen atoms in total. The first-order valence-corrected chi connectivity index (χ1v) is 11.7. The average Bonchev–Trinajstić information content (AvgIpc) is 3.23. The Hall–Kier alpha value is -1.22. The van der Waals surface area contributed by atoms with E-state index in [2.05, 4.69) is 49.6 Å². The van der Waals surface area contributed by atoms with Crippen LogP contribution in [0.1, 0.15) is 27.7 Å². The number of thioether (sulfide) groups is 2. The second-order valence-corrected chi connectivity index (χ2v) is 9.04.